The summed E-state index contributed by atoms with van der Waals surface area (Å²) in [5, 5.41) is 0. The first-order chi connectivity index (χ1) is 34.0. The molecule has 4 bridgehead atoms. The van der Waals surface area contributed by atoms with Crippen LogP contribution in [-0.4, -0.2) is 0 Å². The summed E-state index contributed by atoms with van der Waals surface area (Å²) >= 11 is 0. The van der Waals surface area contributed by atoms with Gasteiger partial charge in [0.25, 0.3) is 0 Å². The quantitative estimate of drug-likeness (QED) is 0.167. The SMILES string of the molecule is [2H]C1([2H])C2CC3CC(C2)C([2H])([2H])C1(c1ccc(-c2ccc(N(c4ccc5c(c4)C(C)(C)c4ccccc4-5)c4ccc5c(c4)C4(c6ccccc6-5)c5cc(C)ccc5-c5ccc(C)cc54)cc2)cc1)C3([2H])[2H]. The lowest BCUT2D eigenvalue weighted by Crippen LogP contribution is -2.48. The molecule has 0 radical (unpaired) electrons. The Morgan fingerprint density at radius 3 is 1.40 bits per heavy atom. The molecule has 316 valence electrons. The Bertz CT molecular complexity index is 3470. The van der Waals surface area contributed by atoms with Gasteiger partial charge in [0.1, 0.15) is 0 Å². The van der Waals surface area contributed by atoms with Crippen LogP contribution in [0.2, 0.25) is 0 Å². The predicted octanol–water partition coefficient (Wildman–Crippen LogP) is 16.6. The lowest BCUT2D eigenvalue weighted by molar-refractivity contribution is -0.00518. The molecule has 15 rings (SSSR count). The Morgan fingerprint density at radius 1 is 0.415 bits per heavy atom. The summed E-state index contributed by atoms with van der Waals surface area (Å²) in [5.74, 6) is -1.07. The van der Waals surface area contributed by atoms with Crippen molar-refractivity contribution in [2.24, 2.45) is 17.8 Å². The number of fused-ring (bicyclic) bond motifs is 13. The maximum absolute atomic E-state index is 9.45. The molecule has 4 saturated carbocycles. The van der Waals surface area contributed by atoms with E-state index in [0.717, 1.165) is 28.2 Å². The van der Waals surface area contributed by atoms with Gasteiger partial charge in [-0.15, -0.1) is 0 Å². The molecule has 8 aromatic rings. The highest BCUT2D eigenvalue weighted by molar-refractivity contribution is 5.97. The molecular formula is C64H55N. The number of rotatable bonds is 5. The first kappa shape index (κ1) is 32.3. The average Bonchev–Trinajstić information content (AvgIpc) is 3.91. The van der Waals surface area contributed by atoms with Crippen molar-refractivity contribution in [2.75, 3.05) is 4.90 Å². The topological polar surface area (TPSA) is 3.24 Å². The molecule has 0 heterocycles. The van der Waals surface area contributed by atoms with Crippen LogP contribution >= 0.6 is 0 Å². The summed E-state index contributed by atoms with van der Waals surface area (Å²) in [4.78, 5) is 2.41. The van der Waals surface area contributed by atoms with Crippen LogP contribution in [-0.2, 0) is 16.2 Å². The summed E-state index contributed by atoms with van der Waals surface area (Å²) in [6.45, 7) is 9.08. The van der Waals surface area contributed by atoms with E-state index in [-0.39, 0.29) is 23.2 Å². The minimum atomic E-state index is -2.03. The molecule has 1 nitrogen and oxygen atoms in total. The van der Waals surface area contributed by atoms with Crippen molar-refractivity contribution in [2.45, 2.75) is 82.3 Å². The van der Waals surface area contributed by atoms with Crippen LogP contribution in [0.5, 0.6) is 0 Å². The highest BCUT2D eigenvalue weighted by Gasteiger charge is 2.53. The second-order valence-corrected chi connectivity index (χ2v) is 20.5. The zero-order chi connectivity index (χ0) is 48.8. The second-order valence-electron chi connectivity index (χ2n) is 20.5. The van der Waals surface area contributed by atoms with E-state index in [4.69, 9.17) is 0 Å². The number of anilines is 3. The first-order valence-corrected chi connectivity index (χ1v) is 23.7. The smallest absolute Gasteiger partial charge is 0.0726 e. The van der Waals surface area contributed by atoms with Crippen molar-refractivity contribution >= 4 is 17.1 Å². The van der Waals surface area contributed by atoms with Crippen LogP contribution in [0.4, 0.5) is 17.1 Å². The van der Waals surface area contributed by atoms with Crippen molar-refractivity contribution in [1.29, 1.82) is 0 Å². The standard InChI is InChI=1S/C64H55N/c1-39-13-25-53-54-26-14-40(2)30-60(54)64(59(53)29-39)57-12-8-6-10-51(57)55-28-24-49(35-61(55)64)65(48-23-27-52-50-9-5-7-11-56(50)62(3,4)58(52)34-48)47-21-17-45(18-22-47)44-15-19-46(20-16-44)63-36-41-31-42(37-63)33-43(32-41)38-63/h5-30,34-35,41-43H,31-33,36-38H2,1-4H3/i36D2,37D2,38D2. The van der Waals surface area contributed by atoms with E-state index in [2.05, 4.69) is 178 Å². The molecule has 0 saturated heterocycles. The van der Waals surface area contributed by atoms with Crippen LogP contribution < -0.4 is 4.90 Å². The summed E-state index contributed by atoms with van der Waals surface area (Å²) in [7, 11) is 0. The Morgan fingerprint density at radius 2 is 0.831 bits per heavy atom. The highest BCUT2D eigenvalue weighted by Crippen LogP contribution is 2.64. The van der Waals surface area contributed by atoms with E-state index in [1.807, 2.05) is 24.3 Å². The highest BCUT2D eigenvalue weighted by atomic mass is 15.1. The maximum Gasteiger partial charge on any atom is 0.0726 e. The van der Waals surface area contributed by atoms with Crippen LogP contribution in [0, 0.1) is 31.6 Å². The van der Waals surface area contributed by atoms with Crippen LogP contribution in [0.15, 0.2) is 170 Å². The van der Waals surface area contributed by atoms with Crippen molar-refractivity contribution in [3.63, 3.8) is 0 Å². The third-order valence-corrected chi connectivity index (χ3v) is 16.3. The van der Waals surface area contributed by atoms with Gasteiger partial charge in [0, 0.05) is 30.7 Å². The second kappa shape index (κ2) is 13.3. The Balaban J connectivity index is 0.923. The fraction of sp³-hybridized carbons (Fsp3) is 0.250. The summed E-state index contributed by atoms with van der Waals surface area (Å²) in [6.07, 6.45) is -4.65. The first-order valence-electron chi connectivity index (χ1n) is 26.7. The molecule has 0 aromatic heterocycles. The normalized spacial score (nSPS) is 26.2. The number of hydrogen-bond acceptors (Lipinski definition) is 1. The maximum atomic E-state index is 9.45. The summed E-state index contributed by atoms with van der Waals surface area (Å²) in [6, 6.07) is 62.0. The zero-order valence-electron chi connectivity index (χ0n) is 43.5. The van der Waals surface area contributed by atoms with Crippen molar-refractivity contribution in [3.8, 4) is 44.5 Å². The summed E-state index contributed by atoms with van der Waals surface area (Å²) < 4.78 is 56.7. The largest absolute Gasteiger partial charge is 0.310 e. The Labute approximate surface area is 393 Å². The van der Waals surface area contributed by atoms with E-state index in [1.54, 1.807) is 0 Å². The Hall–Kier alpha value is -6.44. The van der Waals surface area contributed by atoms with Crippen LogP contribution in [0.25, 0.3) is 44.5 Å². The third kappa shape index (κ3) is 5.22. The van der Waals surface area contributed by atoms with Gasteiger partial charge in [0.05, 0.1) is 5.41 Å². The van der Waals surface area contributed by atoms with Crippen LogP contribution in [0.1, 0.15) is 111 Å². The number of benzene rings is 8. The minimum absolute atomic E-state index is 0.199. The van der Waals surface area contributed by atoms with Gasteiger partial charge in [-0.25, -0.2) is 0 Å². The van der Waals surface area contributed by atoms with Gasteiger partial charge < -0.3 is 4.90 Å². The molecule has 7 aliphatic carbocycles. The lowest BCUT2D eigenvalue weighted by atomic mass is 9.48. The van der Waals surface area contributed by atoms with E-state index in [9.17, 15) is 8.22 Å². The molecule has 1 spiro atoms. The molecule has 0 N–H and O–H groups in total. The molecule has 0 atom stereocenters. The molecular weight excluding hydrogens is 783 g/mol. The van der Waals surface area contributed by atoms with Gasteiger partial charge >= 0.3 is 0 Å². The molecule has 4 fully saturated rings. The van der Waals surface area contributed by atoms with Gasteiger partial charge in [0.2, 0.25) is 0 Å². The summed E-state index contributed by atoms with van der Waals surface area (Å²) in [5.41, 5.74) is 20.8. The number of hydrogen-bond donors (Lipinski definition) is 0. The molecule has 0 aliphatic heterocycles. The average molecular weight is 844 g/mol. The van der Waals surface area contributed by atoms with Crippen molar-refractivity contribution < 1.29 is 8.22 Å². The molecule has 65 heavy (non-hydrogen) atoms. The monoisotopic (exact) mass is 843 g/mol. The molecule has 1 heteroatoms. The third-order valence-electron chi connectivity index (χ3n) is 16.3. The molecule has 7 aliphatic rings. The molecule has 8 aromatic carbocycles. The van der Waals surface area contributed by atoms with Gasteiger partial charge in [-0.05, 0) is 195 Å². The van der Waals surface area contributed by atoms with E-state index in [1.165, 1.54) is 77.9 Å². The van der Waals surface area contributed by atoms with Crippen molar-refractivity contribution in [1.82, 2.24) is 0 Å². The van der Waals surface area contributed by atoms with Gasteiger partial charge in [-0.2, -0.15) is 0 Å². The van der Waals surface area contributed by atoms with E-state index < -0.39 is 29.9 Å². The molecule has 0 amide bonds. The van der Waals surface area contributed by atoms with E-state index in [0.29, 0.717) is 24.8 Å². The van der Waals surface area contributed by atoms with Gasteiger partial charge in [-0.3, -0.25) is 0 Å². The minimum Gasteiger partial charge on any atom is -0.310 e. The number of nitrogens with zero attached hydrogens (tertiary/aromatic N) is 1. The number of aryl methyl sites for hydroxylation is 2. The fourth-order valence-corrected chi connectivity index (χ4v) is 13.5. The van der Waals surface area contributed by atoms with Crippen LogP contribution in [0.3, 0.4) is 0 Å². The van der Waals surface area contributed by atoms with E-state index >= 15 is 0 Å². The predicted molar refractivity (Wildman–Crippen MR) is 270 cm³/mol. The zero-order valence-corrected chi connectivity index (χ0v) is 37.5. The molecule has 0 unspecified atom stereocenters. The fourth-order valence-electron chi connectivity index (χ4n) is 13.5. The lowest BCUT2D eigenvalue weighted by Gasteiger charge is -2.57. The van der Waals surface area contributed by atoms with Crippen molar-refractivity contribution in [3.05, 3.63) is 220 Å². The Kier molecular flexibility index (Phi) is 6.61. The van der Waals surface area contributed by atoms with Gasteiger partial charge in [0.15, 0.2) is 0 Å². The van der Waals surface area contributed by atoms with Gasteiger partial charge in [-0.1, -0.05) is 158 Å².